The number of hydrogen-bond acceptors (Lipinski definition) is 5. The van der Waals surface area contributed by atoms with Gasteiger partial charge in [0.15, 0.2) is 0 Å². The SMILES string of the molecule is Cc1ccc(C(=O)Nc2c(C)n(C)n(-c3ccccc3)c2=O)c([N+](=O)[O-])c1OCc1ccccc1. The van der Waals surface area contributed by atoms with E-state index in [-0.39, 0.29) is 23.6 Å². The highest BCUT2D eigenvalue weighted by atomic mass is 16.6. The lowest BCUT2D eigenvalue weighted by atomic mass is 10.1. The normalized spacial score (nSPS) is 10.7. The third-order valence-corrected chi connectivity index (χ3v) is 5.77. The lowest BCUT2D eigenvalue weighted by Crippen LogP contribution is -2.23. The van der Waals surface area contributed by atoms with Crippen LogP contribution in [0.15, 0.2) is 77.6 Å². The minimum atomic E-state index is -0.771. The summed E-state index contributed by atoms with van der Waals surface area (Å²) in [6, 6.07) is 21.2. The monoisotopic (exact) mass is 472 g/mol. The Balaban J connectivity index is 1.70. The molecule has 4 rings (SSSR count). The Morgan fingerprint density at radius 2 is 1.63 bits per heavy atom. The van der Waals surface area contributed by atoms with Gasteiger partial charge in [-0.2, -0.15) is 0 Å². The van der Waals surface area contributed by atoms with Gasteiger partial charge in [-0.15, -0.1) is 0 Å². The molecule has 0 saturated carbocycles. The van der Waals surface area contributed by atoms with Crippen molar-refractivity contribution in [3.8, 4) is 11.4 Å². The summed E-state index contributed by atoms with van der Waals surface area (Å²) >= 11 is 0. The third kappa shape index (κ3) is 4.56. The summed E-state index contributed by atoms with van der Waals surface area (Å²) in [6.07, 6.45) is 0. The molecular formula is C26H24N4O5. The Hall–Kier alpha value is -4.66. The second kappa shape index (κ2) is 9.68. The molecule has 0 saturated heterocycles. The highest BCUT2D eigenvalue weighted by Crippen LogP contribution is 2.35. The molecule has 9 nitrogen and oxygen atoms in total. The first-order valence-electron chi connectivity index (χ1n) is 10.9. The number of rotatable bonds is 7. The van der Waals surface area contributed by atoms with Gasteiger partial charge < -0.3 is 10.1 Å². The Morgan fingerprint density at radius 3 is 2.26 bits per heavy atom. The van der Waals surface area contributed by atoms with Crippen molar-refractivity contribution in [2.45, 2.75) is 20.5 Å². The van der Waals surface area contributed by atoms with Crippen molar-refractivity contribution in [1.82, 2.24) is 9.36 Å². The van der Waals surface area contributed by atoms with Crippen molar-refractivity contribution in [1.29, 1.82) is 0 Å². The number of nitro benzene ring substituents is 1. The van der Waals surface area contributed by atoms with Crippen LogP contribution >= 0.6 is 0 Å². The number of nitrogens with one attached hydrogen (secondary N) is 1. The van der Waals surface area contributed by atoms with Crippen molar-refractivity contribution < 1.29 is 14.5 Å². The highest BCUT2D eigenvalue weighted by Gasteiger charge is 2.29. The van der Waals surface area contributed by atoms with Gasteiger partial charge in [0.1, 0.15) is 17.9 Å². The van der Waals surface area contributed by atoms with E-state index in [1.54, 1.807) is 55.9 Å². The van der Waals surface area contributed by atoms with Gasteiger partial charge in [0, 0.05) is 7.05 Å². The number of amides is 1. The molecule has 1 aromatic heterocycles. The average Bonchev–Trinajstić information content (AvgIpc) is 3.07. The number of ether oxygens (including phenoxy) is 1. The van der Waals surface area contributed by atoms with Gasteiger partial charge in [0.2, 0.25) is 5.75 Å². The number of aryl methyl sites for hydroxylation is 1. The maximum atomic E-state index is 13.2. The van der Waals surface area contributed by atoms with E-state index < -0.39 is 22.1 Å². The molecule has 0 bridgehead atoms. The summed E-state index contributed by atoms with van der Waals surface area (Å²) in [7, 11) is 1.70. The van der Waals surface area contributed by atoms with Gasteiger partial charge in [-0.1, -0.05) is 54.6 Å². The minimum Gasteiger partial charge on any atom is -0.482 e. The van der Waals surface area contributed by atoms with Crippen LogP contribution in [0, 0.1) is 24.0 Å². The molecule has 178 valence electrons. The molecule has 0 unspecified atom stereocenters. The number of nitrogens with zero attached hydrogens (tertiary/aromatic N) is 3. The minimum absolute atomic E-state index is 0.0120. The number of anilines is 1. The fraction of sp³-hybridized carbons (Fsp3) is 0.154. The van der Waals surface area contributed by atoms with Crippen LogP contribution in [0.4, 0.5) is 11.4 Å². The maximum absolute atomic E-state index is 13.2. The summed E-state index contributed by atoms with van der Waals surface area (Å²) in [4.78, 5) is 37.7. The average molecular weight is 473 g/mol. The predicted octanol–water partition coefficient (Wildman–Crippen LogP) is 4.53. The van der Waals surface area contributed by atoms with E-state index in [9.17, 15) is 19.7 Å². The Kier molecular flexibility index (Phi) is 6.50. The van der Waals surface area contributed by atoms with E-state index in [0.29, 0.717) is 16.9 Å². The molecule has 4 aromatic rings. The number of nitro groups is 1. The van der Waals surface area contributed by atoms with Crippen LogP contribution in [0.5, 0.6) is 5.75 Å². The first-order valence-corrected chi connectivity index (χ1v) is 10.9. The number of para-hydroxylation sites is 1. The van der Waals surface area contributed by atoms with Crippen molar-refractivity contribution in [3.63, 3.8) is 0 Å². The molecule has 0 spiro atoms. The number of benzene rings is 3. The number of carbonyl (C=O) groups is 1. The van der Waals surface area contributed by atoms with Crippen molar-refractivity contribution in [2.75, 3.05) is 5.32 Å². The zero-order valence-electron chi connectivity index (χ0n) is 19.5. The molecule has 0 aliphatic carbocycles. The van der Waals surface area contributed by atoms with Crippen LogP contribution in [0.25, 0.3) is 5.69 Å². The van der Waals surface area contributed by atoms with Crippen molar-refractivity contribution in [3.05, 3.63) is 116 Å². The summed E-state index contributed by atoms with van der Waals surface area (Å²) in [5.41, 5.74) is 1.43. The molecule has 0 radical (unpaired) electrons. The fourth-order valence-electron chi connectivity index (χ4n) is 3.84. The number of hydrogen-bond donors (Lipinski definition) is 1. The first kappa shape index (κ1) is 23.5. The molecule has 0 aliphatic rings. The van der Waals surface area contributed by atoms with Gasteiger partial charge >= 0.3 is 5.69 Å². The van der Waals surface area contributed by atoms with E-state index in [1.165, 1.54) is 10.7 Å². The molecule has 9 heteroatoms. The van der Waals surface area contributed by atoms with E-state index in [4.69, 9.17) is 4.74 Å². The smallest absolute Gasteiger partial charge is 0.323 e. The largest absolute Gasteiger partial charge is 0.482 e. The Labute approximate surface area is 201 Å². The standard InChI is InChI=1S/C26H24N4O5/c1-17-14-15-21(23(30(33)34)24(17)35-16-19-10-6-4-7-11-19)25(31)27-22-18(2)28(3)29(26(22)32)20-12-8-5-9-13-20/h4-15H,16H2,1-3H3,(H,27,31). The Morgan fingerprint density at radius 1 is 1.00 bits per heavy atom. The summed E-state index contributed by atoms with van der Waals surface area (Å²) in [5.74, 6) is -0.759. The van der Waals surface area contributed by atoms with Gasteiger partial charge in [0.25, 0.3) is 11.5 Å². The van der Waals surface area contributed by atoms with Crippen LogP contribution in [0.1, 0.15) is 27.2 Å². The molecular weight excluding hydrogens is 448 g/mol. The molecule has 0 atom stereocenters. The van der Waals surface area contributed by atoms with Crippen LogP contribution < -0.4 is 15.6 Å². The van der Waals surface area contributed by atoms with Gasteiger partial charge in [-0.3, -0.25) is 24.4 Å². The maximum Gasteiger partial charge on any atom is 0.323 e. The molecule has 0 fully saturated rings. The predicted molar refractivity (Wildman–Crippen MR) is 132 cm³/mol. The van der Waals surface area contributed by atoms with Crippen molar-refractivity contribution >= 4 is 17.3 Å². The molecule has 0 aliphatic heterocycles. The lowest BCUT2D eigenvalue weighted by Gasteiger charge is -2.12. The number of carbonyl (C=O) groups excluding carboxylic acids is 1. The van der Waals surface area contributed by atoms with E-state index in [2.05, 4.69) is 5.32 Å². The molecule has 1 N–H and O–H groups in total. The summed E-state index contributed by atoms with van der Waals surface area (Å²) in [5, 5.41) is 14.6. The van der Waals surface area contributed by atoms with E-state index in [0.717, 1.165) is 5.56 Å². The van der Waals surface area contributed by atoms with Gasteiger partial charge in [0.05, 0.1) is 16.3 Å². The van der Waals surface area contributed by atoms with E-state index in [1.807, 2.05) is 36.4 Å². The molecule has 1 amide bonds. The van der Waals surface area contributed by atoms with Gasteiger partial charge in [-0.05, 0) is 43.2 Å². The third-order valence-electron chi connectivity index (χ3n) is 5.77. The van der Waals surface area contributed by atoms with E-state index >= 15 is 0 Å². The second-order valence-corrected chi connectivity index (χ2v) is 8.03. The quantitative estimate of drug-likeness (QED) is 0.314. The summed E-state index contributed by atoms with van der Waals surface area (Å²) < 4.78 is 8.83. The lowest BCUT2D eigenvalue weighted by molar-refractivity contribution is -0.386. The van der Waals surface area contributed by atoms with Crippen molar-refractivity contribution in [2.24, 2.45) is 7.05 Å². The van der Waals surface area contributed by atoms with Gasteiger partial charge in [-0.25, -0.2) is 4.68 Å². The van der Waals surface area contributed by atoms with Crippen LogP contribution in [0.2, 0.25) is 0 Å². The zero-order chi connectivity index (χ0) is 25.1. The molecule has 1 heterocycles. The summed E-state index contributed by atoms with van der Waals surface area (Å²) in [6.45, 7) is 3.47. The van der Waals surface area contributed by atoms with Crippen LogP contribution in [0.3, 0.4) is 0 Å². The topological polar surface area (TPSA) is 108 Å². The fourth-order valence-corrected chi connectivity index (χ4v) is 3.84. The second-order valence-electron chi connectivity index (χ2n) is 8.03. The molecule has 3 aromatic carbocycles. The number of aromatic nitrogens is 2. The molecule has 35 heavy (non-hydrogen) atoms. The highest BCUT2D eigenvalue weighted by molar-refractivity contribution is 6.08. The zero-order valence-corrected chi connectivity index (χ0v) is 19.5. The first-order chi connectivity index (χ1) is 16.8. The Bertz CT molecular complexity index is 1460. The van der Waals surface area contributed by atoms with Crippen LogP contribution in [-0.2, 0) is 13.7 Å². The van der Waals surface area contributed by atoms with Crippen LogP contribution in [-0.4, -0.2) is 20.2 Å².